The minimum absolute atomic E-state index is 0.297. The summed E-state index contributed by atoms with van der Waals surface area (Å²) in [5, 5.41) is 0. The Morgan fingerprint density at radius 3 is 2.68 bits per heavy atom. The molecule has 0 saturated carbocycles. The second kappa shape index (κ2) is 6.83. The number of carbonyl (C=O) groups excluding carboxylic acids is 1. The number of rotatable bonds is 5. The number of Topliss-reactive ketones (excluding diaryl/α,β-unsaturated/α-hetero) is 1. The molecule has 1 aliphatic rings. The van der Waals surface area contributed by atoms with Crippen molar-refractivity contribution < 1.29 is 4.79 Å². The Balaban J connectivity index is 2.00. The lowest BCUT2D eigenvalue weighted by atomic mass is 10.0. The lowest BCUT2D eigenvalue weighted by Crippen LogP contribution is -2.47. The number of likely N-dealkylation sites (N-methyl/N-ethyl adjacent to an activating group) is 1. The third-order valence-corrected chi connectivity index (χ3v) is 3.85. The highest BCUT2D eigenvalue weighted by Gasteiger charge is 2.25. The zero-order chi connectivity index (χ0) is 13.7. The van der Waals surface area contributed by atoms with Crippen LogP contribution in [0.4, 0.5) is 0 Å². The van der Waals surface area contributed by atoms with Crippen molar-refractivity contribution >= 4 is 5.78 Å². The molecule has 1 aliphatic heterocycles. The monoisotopic (exact) mass is 260 g/mol. The van der Waals surface area contributed by atoms with E-state index in [1.165, 1.54) is 5.56 Å². The molecule has 1 heterocycles. The Morgan fingerprint density at radius 2 is 2.00 bits per heavy atom. The highest BCUT2D eigenvalue weighted by molar-refractivity contribution is 5.75. The van der Waals surface area contributed by atoms with Gasteiger partial charge >= 0.3 is 0 Å². The molecular formula is C16H24N2O. The maximum Gasteiger partial charge on any atom is 0.129 e. The molecule has 2 rings (SSSR count). The van der Waals surface area contributed by atoms with Crippen LogP contribution in [0.25, 0.3) is 0 Å². The van der Waals surface area contributed by atoms with Gasteiger partial charge in [0.15, 0.2) is 0 Å². The lowest BCUT2D eigenvalue weighted by Gasteiger charge is -2.40. The van der Waals surface area contributed by atoms with Gasteiger partial charge < -0.3 is 9.69 Å². The van der Waals surface area contributed by atoms with E-state index in [1.54, 1.807) is 6.92 Å². The molecule has 1 unspecified atom stereocenters. The SMILES string of the molecule is CC(=O)CCCN1CCN(C)CC1c1ccccc1. The molecule has 0 aliphatic carbocycles. The van der Waals surface area contributed by atoms with Gasteiger partial charge in [0.2, 0.25) is 0 Å². The first-order chi connectivity index (χ1) is 9.16. The van der Waals surface area contributed by atoms with E-state index in [1.807, 2.05) is 0 Å². The molecule has 0 spiro atoms. The fourth-order valence-corrected chi connectivity index (χ4v) is 2.75. The summed E-state index contributed by atoms with van der Waals surface area (Å²) in [6, 6.07) is 11.2. The zero-order valence-corrected chi connectivity index (χ0v) is 12.0. The fourth-order valence-electron chi connectivity index (χ4n) is 2.75. The van der Waals surface area contributed by atoms with Crippen molar-refractivity contribution in [3.63, 3.8) is 0 Å². The van der Waals surface area contributed by atoms with Crippen molar-refractivity contribution in [2.24, 2.45) is 0 Å². The Kier molecular flexibility index (Phi) is 5.11. The summed E-state index contributed by atoms with van der Waals surface area (Å²) in [7, 11) is 2.18. The lowest BCUT2D eigenvalue weighted by molar-refractivity contribution is -0.117. The van der Waals surface area contributed by atoms with Crippen molar-refractivity contribution in [2.45, 2.75) is 25.8 Å². The van der Waals surface area contributed by atoms with Crippen LogP contribution in [0.15, 0.2) is 30.3 Å². The Morgan fingerprint density at radius 1 is 1.26 bits per heavy atom. The first-order valence-corrected chi connectivity index (χ1v) is 7.14. The molecule has 0 N–H and O–H groups in total. The van der Waals surface area contributed by atoms with Crippen molar-refractivity contribution in [2.75, 3.05) is 33.2 Å². The van der Waals surface area contributed by atoms with E-state index >= 15 is 0 Å². The van der Waals surface area contributed by atoms with Crippen LogP contribution in [0.3, 0.4) is 0 Å². The van der Waals surface area contributed by atoms with Crippen LogP contribution in [-0.4, -0.2) is 48.8 Å². The van der Waals surface area contributed by atoms with Crippen molar-refractivity contribution in [1.82, 2.24) is 9.80 Å². The van der Waals surface area contributed by atoms with Gasteiger partial charge in [-0.15, -0.1) is 0 Å². The van der Waals surface area contributed by atoms with E-state index in [-0.39, 0.29) is 0 Å². The van der Waals surface area contributed by atoms with Gasteiger partial charge in [-0.05, 0) is 32.5 Å². The van der Waals surface area contributed by atoms with Crippen LogP contribution in [0.5, 0.6) is 0 Å². The topological polar surface area (TPSA) is 23.6 Å². The predicted molar refractivity (Wildman–Crippen MR) is 78.2 cm³/mol. The Bertz CT molecular complexity index is 404. The van der Waals surface area contributed by atoms with Gasteiger partial charge in [0.25, 0.3) is 0 Å². The number of hydrogen-bond acceptors (Lipinski definition) is 3. The van der Waals surface area contributed by atoms with E-state index < -0.39 is 0 Å². The standard InChI is InChI=1S/C16H24N2O/c1-14(19)7-6-10-18-12-11-17(2)13-16(18)15-8-4-3-5-9-15/h3-5,8-9,16H,6-7,10-13H2,1-2H3. The molecular weight excluding hydrogens is 236 g/mol. The fraction of sp³-hybridized carbons (Fsp3) is 0.562. The molecule has 1 fully saturated rings. The summed E-state index contributed by atoms with van der Waals surface area (Å²) >= 11 is 0. The van der Waals surface area contributed by atoms with Crippen LogP contribution in [-0.2, 0) is 4.79 Å². The molecule has 0 radical (unpaired) electrons. The average Bonchev–Trinajstić information content (AvgIpc) is 2.41. The van der Waals surface area contributed by atoms with Crippen LogP contribution in [0, 0.1) is 0 Å². The van der Waals surface area contributed by atoms with Crippen LogP contribution >= 0.6 is 0 Å². The van der Waals surface area contributed by atoms with Crippen molar-refractivity contribution in [3.05, 3.63) is 35.9 Å². The summed E-state index contributed by atoms with van der Waals surface area (Å²) in [4.78, 5) is 16.0. The van der Waals surface area contributed by atoms with Crippen molar-refractivity contribution in [3.8, 4) is 0 Å². The first-order valence-electron chi connectivity index (χ1n) is 7.14. The van der Waals surface area contributed by atoms with Gasteiger partial charge in [0, 0.05) is 32.1 Å². The predicted octanol–water partition coefficient (Wildman–Crippen LogP) is 2.34. The van der Waals surface area contributed by atoms with Crippen molar-refractivity contribution in [1.29, 1.82) is 0 Å². The number of hydrogen-bond donors (Lipinski definition) is 0. The van der Waals surface area contributed by atoms with Gasteiger partial charge in [-0.1, -0.05) is 30.3 Å². The van der Waals surface area contributed by atoms with E-state index in [2.05, 4.69) is 47.2 Å². The largest absolute Gasteiger partial charge is 0.303 e. The number of piperazine rings is 1. The van der Waals surface area contributed by atoms with Crippen LogP contribution < -0.4 is 0 Å². The maximum absolute atomic E-state index is 11.1. The van der Waals surface area contributed by atoms with E-state index in [0.717, 1.165) is 32.6 Å². The molecule has 0 bridgehead atoms. The smallest absolute Gasteiger partial charge is 0.129 e. The highest BCUT2D eigenvalue weighted by atomic mass is 16.1. The Hall–Kier alpha value is -1.19. The number of nitrogens with zero attached hydrogens (tertiary/aromatic N) is 2. The normalized spacial score (nSPS) is 21.5. The number of ketones is 1. The summed E-state index contributed by atoms with van der Waals surface area (Å²) in [5.41, 5.74) is 1.39. The minimum Gasteiger partial charge on any atom is -0.303 e. The maximum atomic E-state index is 11.1. The first kappa shape index (κ1) is 14.2. The third-order valence-electron chi connectivity index (χ3n) is 3.85. The molecule has 1 aromatic rings. The average molecular weight is 260 g/mol. The summed E-state index contributed by atoms with van der Waals surface area (Å²) in [6.07, 6.45) is 1.68. The second-order valence-corrected chi connectivity index (χ2v) is 5.53. The van der Waals surface area contributed by atoms with Crippen LogP contribution in [0.2, 0.25) is 0 Å². The quantitative estimate of drug-likeness (QED) is 0.812. The van der Waals surface area contributed by atoms with Gasteiger partial charge in [0.05, 0.1) is 0 Å². The summed E-state index contributed by atoms with van der Waals surface area (Å²) < 4.78 is 0. The third kappa shape index (κ3) is 4.15. The van der Waals surface area contributed by atoms with Gasteiger partial charge in [-0.3, -0.25) is 4.90 Å². The van der Waals surface area contributed by atoms with Gasteiger partial charge in [-0.25, -0.2) is 0 Å². The van der Waals surface area contributed by atoms with Gasteiger partial charge in [-0.2, -0.15) is 0 Å². The van der Waals surface area contributed by atoms with E-state index in [0.29, 0.717) is 18.2 Å². The molecule has 0 aromatic heterocycles. The number of benzene rings is 1. The summed E-state index contributed by atoms with van der Waals surface area (Å²) in [6.45, 7) is 5.98. The zero-order valence-electron chi connectivity index (χ0n) is 12.0. The molecule has 1 saturated heterocycles. The summed E-state index contributed by atoms with van der Waals surface area (Å²) in [5.74, 6) is 0.297. The number of carbonyl (C=O) groups is 1. The molecule has 1 atom stereocenters. The van der Waals surface area contributed by atoms with E-state index in [9.17, 15) is 4.79 Å². The minimum atomic E-state index is 0.297. The molecule has 104 valence electrons. The van der Waals surface area contributed by atoms with Gasteiger partial charge in [0.1, 0.15) is 5.78 Å². The molecule has 1 aromatic carbocycles. The molecule has 3 nitrogen and oxygen atoms in total. The second-order valence-electron chi connectivity index (χ2n) is 5.53. The molecule has 3 heteroatoms. The van der Waals surface area contributed by atoms with E-state index in [4.69, 9.17) is 0 Å². The molecule has 19 heavy (non-hydrogen) atoms. The van der Waals surface area contributed by atoms with Crippen LogP contribution in [0.1, 0.15) is 31.4 Å². The Labute approximate surface area is 116 Å². The highest BCUT2D eigenvalue weighted by Crippen LogP contribution is 2.24. The molecule has 0 amide bonds.